The zero-order chi connectivity index (χ0) is 15.5. The van der Waals surface area contributed by atoms with Crippen molar-refractivity contribution in [3.05, 3.63) is 29.8 Å². The molecule has 1 aromatic rings. The van der Waals surface area contributed by atoms with Gasteiger partial charge < -0.3 is 20.7 Å². The number of hydrogen-bond acceptors (Lipinski definition) is 3. The van der Waals surface area contributed by atoms with Gasteiger partial charge in [0, 0.05) is 12.2 Å². The number of carbonyl (C=O) groups excluding carboxylic acids is 2. The van der Waals surface area contributed by atoms with E-state index < -0.39 is 6.09 Å². The summed E-state index contributed by atoms with van der Waals surface area (Å²) in [7, 11) is 0. The Labute approximate surface area is 124 Å². The van der Waals surface area contributed by atoms with Gasteiger partial charge in [0.25, 0.3) is 0 Å². The highest BCUT2D eigenvalue weighted by molar-refractivity contribution is 5.89. The predicted molar refractivity (Wildman–Crippen MR) is 80.1 cm³/mol. The van der Waals surface area contributed by atoms with Crippen molar-refractivity contribution in [1.29, 1.82) is 0 Å². The second-order valence-electron chi connectivity index (χ2n) is 6.27. The summed E-state index contributed by atoms with van der Waals surface area (Å²) in [5, 5.41) is 8.19. The lowest BCUT2D eigenvalue weighted by molar-refractivity contribution is 0.141. The van der Waals surface area contributed by atoms with Crippen LogP contribution in [0.15, 0.2) is 24.3 Å². The van der Waals surface area contributed by atoms with Gasteiger partial charge in [-0.05, 0) is 23.1 Å². The van der Waals surface area contributed by atoms with Gasteiger partial charge in [-0.3, -0.25) is 0 Å². The normalized spacial score (nSPS) is 17.9. The first kappa shape index (κ1) is 15.2. The standard InChI is InChI=1S/C15H21N3O3/c1-15(2,3)9-17-13(19)18-11-6-4-10(5-7-11)12-8-16-14(20)21-12/h4-7,12H,8-9H2,1-3H3,(H,16,20)(H2,17,18,19). The van der Waals surface area contributed by atoms with Gasteiger partial charge in [-0.1, -0.05) is 32.9 Å². The van der Waals surface area contributed by atoms with E-state index in [4.69, 9.17) is 4.74 Å². The maximum Gasteiger partial charge on any atom is 0.407 e. The topological polar surface area (TPSA) is 79.5 Å². The molecule has 0 saturated carbocycles. The summed E-state index contributed by atoms with van der Waals surface area (Å²) in [6.07, 6.45) is -0.662. The summed E-state index contributed by atoms with van der Waals surface area (Å²) in [4.78, 5) is 22.7. The molecule has 3 amide bonds. The van der Waals surface area contributed by atoms with Crippen molar-refractivity contribution in [3.8, 4) is 0 Å². The minimum atomic E-state index is -0.399. The van der Waals surface area contributed by atoms with Gasteiger partial charge in [0.15, 0.2) is 0 Å². The zero-order valence-electron chi connectivity index (χ0n) is 12.5. The number of benzene rings is 1. The van der Waals surface area contributed by atoms with Crippen molar-refractivity contribution in [3.63, 3.8) is 0 Å². The molecule has 1 saturated heterocycles. The van der Waals surface area contributed by atoms with Crippen molar-refractivity contribution in [2.24, 2.45) is 5.41 Å². The van der Waals surface area contributed by atoms with Crippen LogP contribution in [0.1, 0.15) is 32.4 Å². The Hall–Kier alpha value is -2.24. The van der Waals surface area contributed by atoms with Crippen molar-refractivity contribution >= 4 is 17.8 Å². The Morgan fingerprint density at radius 2 is 2.00 bits per heavy atom. The molecule has 21 heavy (non-hydrogen) atoms. The molecule has 114 valence electrons. The molecular weight excluding hydrogens is 270 g/mol. The molecule has 3 N–H and O–H groups in total. The number of amides is 3. The van der Waals surface area contributed by atoms with Crippen molar-refractivity contribution < 1.29 is 14.3 Å². The van der Waals surface area contributed by atoms with Gasteiger partial charge in [0.1, 0.15) is 6.10 Å². The molecule has 1 aliphatic rings. The Balaban J connectivity index is 1.87. The number of cyclic esters (lactones) is 1. The van der Waals surface area contributed by atoms with E-state index in [1.807, 2.05) is 12.1 Å². The number of ether oxygens (including phenoxy) is 1. The Morgan fingerprint density at radius 3 is 2.52 bits per heavy atom. The van der Waals surface area contributed by atoms with Crippen LogP contribution in [0.2, 0.25) is 0 Å². The van der Waals surface area contributed by atoms with Crippen LogP contribution in [0.4, 0.5) is 15.3 Å². The first-order chi connectivity index (χ1) is 9.83. The Bertz CT molecular complexity index is 520. The van der Waals surface area contributed by atoms with E-state index in [1.54, 1.807) is 12.1 Å². The van der Waals surface area contributed by atoms with Gasteiger partial charge in [-0.25, -0.2) is 9.59 Å². The highest BCUT2D eigenvalue weighted by Gasteiger charge is 2.23. The quantitative estimate of drug-likeness (QED) is 0.801. The smallest absolute Gasteiger partial charge is 0.407 e. The Kier molecular flexibility index (Phi) is 4.35. The molecule has 1 heterocycles. The molecule has 2 rings (SSSR count). The fourth-order valence-corrected chi connectivity index (χ4v) is 1.88. The number of hydrogen-bond donors (Lipinski definition) is 3. The monoisotopic (exact) mass is 291 g/mol. The van der Waals surface area contributed by atoms with Crippen LogP contribution >= 0.6 is 0 Å². The minimum Gasteiger partial charge on any atom is -0.439 e. The predicted octanol–water partition coefficient (Wildman–Crippen LogP) is 2.64. The second-order valence-corrected chi connectivity index (χ2v) is 6.27. The maximum atomic E-state index is 11.7. The minimum absolute atomic E-state index is 0.0422. The molecule has 6 nitrogen and oxygen atoms in total. The number of nitrogens with one attached hydrogen (secondary N) is 3. The van der Waals surface area contributed by atoms with Gasteiger partial charge in [0.05, 0.1) is 6.54 Å². The fraction of sp³-hybridized carbons (Fsp3) is 0.467. The van der Waals surface area contributed by atoms with E-state index in [1.165, 1.54) is 0 Å². The summed E-state index contributed by atoms with van der Waals surface area (Å²) < 4.78 is 5.09. The lowest BCUT2D eigenvalue weighted by Gasteiger charge is -2.19. The van der Waals surface area contributed by atoms with Crippen LogP contribution in [-0.2, 0) is 4.74 Å². The van der Waals surface area contributed by atoms with E-state index in [-0.39, 0.29) is 17.6 Å². The molecule has 1 unspecified atom stereocenters. The number of anilines is 1. The third-order valence-corrected chi connectivity index (χ3v) is 3.00. The van der Waals surface area contributed by atoms with E-state index in [9.17, 15) is 9.59 Å². The van der Waals surface area contributed by atoms with Crippen LogP contribution in [0.3, 0.4) is 0 Å². The van der Waals surface area contributed by atoms with Crippen LogP contribution in [-0.4, -0.2) is 25.2 Å². The first-order valence-electron chi connectivity index (χ1n) is 6.93. The molecule has 0 radical (unpaired) electrons. The summed E-state index contributed by atoms with van der Waals surface area (Å²) in [6, 6.07) is 7.02. The van der Waals surface area contributed by atoms with E-state index >= 15 is 0 Å². The lowest BCUT2D eigenvalue weighted by atomic mass is 9.97. The maximum absolute atomic E-state index is 11.7. The molecule has 1 atom stereocenters. The van der Waals surface area contributed by atoms with Crippen LogP contribution in [0.5, 0.6) is 0 Å². The average molecular weight is 291 g/mol. The average Bonchev–Trinajstić information content (AvgIpc) is 2.83. The molecule has 1 fully saturated rings. The van der Waals surface area contributed by atoms with Gasteiger partial charge in [0.2, 0.25) is 0 Å². The van der Waals surface area contributed by atoms with Crippen molar-refractivity contribution in [2.75, 3.05) is 18.4 Å². The zero-order valence-corrected chi connectivity index (χ0v) is 12.5. The van der Waals surface area contributed by atoms with Gasteiger partial charge in [-0.2, -0.15) is 0 Å². The second kappa shape index (κ2) is 6.03. The van der Waals surface area contributed by atoms with E-state index in [0.29, 0.717) is 18.8 Å². The molecule has 0 aromatic heterocycles. The molecule has 0 spiro atoms. The molecule has 0 aliphatic carbocycles. The summed E-state index contributed by atoms with van der Waals surface area (Å²) in [5.74, 6) is 0. The highest BCUT2D eigenvalue weighted by Crippen LogP contribution is 2.22. The van der Waals surface area contributed by atoms with Crippen LogP contribution in [0, 0.1) is 5.41 Å². The van der Waals surface area contributed by atoms with E-state index in [2.05, 4.69) is 36.7 Å². The summed E-state index contributed by atoms with van der Waals surface area (Å²) in [5.41, 5.74) is 1.64. The third kappa shape index (κ3) is 4.66. The Morgan fingerprint density at radius 1 is 1.33 bits per heavy atom. The first-order valence-corrected chi connectivity index (χ1v) is 6.93. The highest BCUT2D eigenvalue weighted by atomic mass is 16.6. The lowest BCUT2D eigenvalue weighted by Crippen LogP contribution is -2.35. The van der Waals surface area contributed by atoms with Gasteiger partial charge >= 0.3 is 12.1 Å². The summed E-state index contributed by atoms with van der Waals surface area (Å²) >= 11 is 0. The molecule has 0 bridgehead atoms. The van der Waals surface area contributed by atoms with Crippen LogP contribution in [0.25, 0.3) is 0 Å². The number of urea groups is 1. The summed E-state index contributed by atoms with van der Waals surface area (Å²) in [6.45, 7) is 7.23. The fourth-order valence-electron chi connectivity index (χ4n) is 1.88. The third-order valence-electron chi connectivity index (χ3n) is 3.00. The number of carbonyl (C=O) groups is 2. The SMILES string of the molecule is CC(C)(C)CNC(=O)Nc1ccc(C2CNC(=O)O2)cc1. The van der Waals surface area contributed by atoms with Crippen LogP contribution < -0.4 is 16.0 Å². The molecular formula is C15H21N3O3. The van der Waals surface area contributed by atoms with Crippen molar-refractivity contribution in [1.82, 2.24) is 10.6 Å². The largest absolute Gasteiger partial charge is 0.439 e. The molecule has 1 aliphatic heterocycles. The van der Waals surface area contributed by atoms with E-state index in [0.717, 1.165) is 5.56 Å². The van der Waals surface area contributed by atoms with Gasteiger partial charge in [-0.15, -0.1) is 0 Å². The van der Waals surface area contributed by atoms with Crippen molar-refractivity contribution in [2.45, 2.75) is 26.9 Å². The molecule has 6 heteroatoms. The number of alkyl carbamates (subject to hydrolysis) is 1. The number of rotatable bonds is 3. The molecule has 1 aromatic carbocycles.